The van der Waals surface area contributed by atoms with Crippen LogP contribution in [0, 0.1) is 12.3 Å². The number of halogens is 4. The lowest BCUT2D eigenvalue weighted by Gasteiger charge is -2.34. The van der Waals surface area contributed by atoms with E-state index in [9.17, 15) is 22.4 Å². The van der Waals surface area contributed by atoms with E-state index in [2.05, 4.69) is 10.3 Å². The summed E-state index contributed by atoms with van der Waals surface area (Å²) in [6.45, 7) is 5.13. The second-order valence-corrected chi connectivity index (χ2v) is 7.68. The summed E-state index contributed by atoms with van der Waals surface area (Å²) < 4.78 is 58.8. The zero-order chi connectivity index (χ0) is 20.4. The minimum Gasteiger partial charge on any atom is -0.476 e. The molecule has 0 bridgehead atoms. The van der Waals surface area contributed by atoms with Crippen LogP contribution in [0.1, 0.15) is 31.4 Å². The van der Waals surface area contributed by atoms with E-state index < -0.39 is 41.2 Å². The van der Waals surface area contributed by atoms with E-state index in [-0.39, 0.29) is 13.2 Å². The topological polar surface area (TPSA) is 54.5 Å². The smallest absolute Gasteiger partial charge is 0.421 e. The number of carbonyl (C=O) groups excluding carboxylic acids is 1. The van der Waals surface area contributed by atoms with E-state index in [0.29, 0.717) is 18.5 Å². The Labute approximate surface area is 156 Å². The fourth-order valence-electron chi connectivity index (χ4n) is 2.77. The van der Waals surface area contributed by atoms with E-state index in [1.54, 1.807) is 7.05 Å². The molecule has 2 heterocycles. The standard InChI is InChI=1S/C18H25F4N3O2/c1-11-7-12(18(20,21)22)15(23-8-11)27-10-17(2,3)16(26)24-14-5-6-25(4)9-13(14)19/h7-8,13-14H,5-6,9-10H2,1-4H3,(H,24,26)/t13-,14-/m0/s1. The first kappa shape index (κ1) is 21.4. The average molecular weight is 391 g/mol. The molecule has 1 aliphatic heterocycles. The quantitative estimate of drug-likeness (QED) is 0.785. The Balaban J connectivity index is 2.03. The van der Waals surface area contributed by atoms with Crippen molar-refractivity contribution in [1.29, 1.82) is 0 Å². The number of pyridine rings is 1. The molecule has 2 rings (SSSR count). The fraction of sp³-hybridized carbons (Fsp3) is 0.667. The number of carbonyl (C=O) groups is 1. The molecule has 0 aliphatic carbocycles. The lowest BCUT2D eigenvalue weighted by Crippen LogP contribution is -2.54. The number of likely N-dealkylation sites (tertiary alicyclic amines) is 1. The van der Waals surface area contributed by atoms with Crippen molar-refractivity contribution in [3.05, 3.63) is 23.4 Å². The molecule has 1 saturated heterocycles. The summed E-state index contributed by atoms with van der Waals surface area (Å²) in [5.41, 5.74) is -1.79. The summed E-state index contributed by atoms with van der Waals surface area (Å²) in [5, 5.41) is 2.66. The van der Waals surface area contributed by atoms with E-state index in [1.165, 1.54) is 27.0 Å². The number of aryl methyl sites for hydroxylation is 1. The van der Waals surface area contributed by atoms with Gasteiger partial charge in [-0.15, -0.1) is 0 Å². The molecular formula is C18H25F4N3O2. The molecule has 0 radical (unpaired) electrons. The normalized spacial score (nSPS) is 21.8. The molecule has 1 aromatic heterocycles. The Morgan fingerprint density at radius 2 is 2.07 bits per heavy atom. The highest BCUT2D eigenvalue weighted by molar-refractivity contribution is 5.82. The largest absolute Gasteiger partial charge is 0.476 e. The lowest BCUT2D eigenvalue weighted by molar-refractivity contribution is -0.140. The molecule has 1 N–H and O–H groups in total. The van der Waals surface area contributed by atoms with Crippen LogP contribution >= 0.6 is 0 Å². The molecule has 27 heavy (non-hydrogen) atoms. The van der Waals surface area contributed by atoms with Gasteiger partial charge in [0.1, 0.15) is 18.3 Å². The number of hydrogen-bond donors (Lipinski definition) is 1. The predicted octanol–water partition coefficient (Wildman–Crippen LogP) is 2.97. The predicted molar refractivity (Wildman–Crippen MR) is 92.2 cm³/mol. The molecule has 0 aromatic carbocycles. The highest BCUT2D eigenvalue weighted by atomic mass is 19.4. The highest BCUT2D eigenvalue weighted by Gasteiger charge is 2.38. The van der Waals surface area contributed by atoms with Gasteiger partial charge in [-0.25, -0.2) is 9.37 Å². The summed E-state index contributed by atoms with van der Waals surface area (Å²) >= 11 is 0. The number of ether oxygens (including phenoxy) is 1. The summed E-state index contributed by atoms with van der Waals surface area (Å²) in [5.74, 6) is -1.04. The van der Waals surface area contributed by atoms with Crippen LogP contribution in [0.15, 0.2) is 12.3 Å². The molecule has 1 aromatic rings. The Hall–Kier alpha value is -1.90. The van der Waals surface area contributed by atoms with Crippen LogP contribution in [0.25, 0.3) is 0 Å². The van der Waals surface area contributed by atoms with Gasteiger partial charge in [0.15, 0.2) is 0 Å². The minimum atomic E-state index is -4.61. The maximum atomic E-state index is 14.1. The molecule has 0 spiro atoms. The van der Waals surface area contributed by atoms with Crippen LogP contribution in [-0.2, 0) is 11.0 Å². The first-order chi connectivity index (χ1) is 12.4. The van der Waals surface area contributed by atoms with Crippen molar-refractivity contribution < 1.29 is 27.1 Å². The molecule has 1 aliphatic rings. The maximum Gasteiger partial charge on any atom is 0.421 e. The summed E-state index contributed by atoms with van der Waals surface area (Å²) in [7, 11) is 1.80. The number of nitrogens with one attached hydrogen (secondary N) is 1. The molecular weight excluding hydrogens is 366 g/mol. The van der Waals surface area contributed by atoms with E-state index in [4.69, 9.17) is 4.74 Å². The van der Waals surface area contributed by atoms with Crippen molar-refractivity contribution in [2.24, 2.45) is 5.41 Å². The average Bonchev–Trinajstić information content (AvgIpc) is 2.55. The van der Waals surface area contributed by atoms with Crippen molar-refractivity contribution in [1.82, 2.24) is 15.2 Å². The van der Waals surface area contributed by atoms with Crippen LogP contribution in [0.5, 0.6) is 5.88 Å². The Bertz CT molecular complexity index is 679. The van der Waals surface area contributed by atoms with Gasteiger partial charge in [0.2, 0.25) is 11.8 Å². The molecule has 2 atom stereocenters. The third kappa shape index (κ3) is 5.54. The first-order valence-corrected chi connectivity index (χ1v) is 8.70. The van der Waals surface area contributed by atoms with Gasteiger partial charge in [0, 0.05) is 19.3 Å². The van der Waals surface area contributed by atoms with Gasteiger partial charge in [-0.2, -0.15) is 13.2 Å². The van der Waals surface area contributed by atoms with Crippen LogP contribution in [0.3, 0.4) is 0 Å². The molecule has 0 saturated carbocycles. The molecule has 9 heteroatoms. The van der Waals surface area contributed by atoms with E-state index in [0.717, 1.165) is 6.07 Å². The monoisotopic (exact) mass is 391 g/mol. The molecule has 1 amide bonds. The zero-order valence-corrected chi connectivity index (χ0v) is 15.9. The van der Waals surface area contributed by atoms with E-state index >= 15 is 0 Å². The number of nitrogens with zero attached hydrogens (tertiary/aromatic N) is 2. The number of aromatic nitrogens is 1. The number of hydrogen-bond acceptors (Lipinski definition) is 4. The third-order valence-corrected chi connectivity index (χ3v) is 4.54. The number of piperidine rings is 1. The number of alkyl halides is 4. The van der Waals surface area contributed by atoms with Crippen LogP contribution in [0.4, 0.5) is 17.6 Å². The SMILES string of the molecule is Cc1cnc(OCC(C)(C)C(=O)N[C@H]2CCN(C)C[C@@H]2F)c(C(F)(F)F)c1. The van der Waals surface area contributed by atoms with Gasteiger partial charge in [-0.1, -0.05) is 0 Å². The molecule has 152 valence electrons. The van der Waals surface area contributed by atoms with Crippen LogP contribution in [0.2, 0.25) is 0 Å². The van der Waals surface area contributed by atoms with Crippen LogP contribution in [-0.4, -0.2) is 54.7 Å². The molecule has 5 nitrogen and oxygen atoms in total. The fourth-order valence-corrected chi connectivity index (χ4v) is 2.77. The van der Waals surface area contributed by atoms with Crippen molar-refractivity contribution >= 4 is 5.91 Å². The molecule has 0 unspecified atom stereocenters. The van der Waals surface area contributed by atoms with Crippen molar-refractivity contribution in [3.8, 4) is 5.88 Å². The Morgan fingerprint density at radius 1 is 1.41 bits per heavy atom. The summed E-state index contributed by atoms with van der Waals surface area (Å²) in [6.07, 6.45) is -4.07. The second-order valence-electron chi connectivity index (χ2n) is 7.68. The Kier molecular flexibility index (Phi) is 6.34. The van der Waals surface area contributed by atoms with Crippen molar-refractivity contribution in [2.75, 3.05) is 26.7 Å². The first-order valence-electron chi connectivity index (χ1n) is 8.70. The third-order valence-electron chi connectivity index (χ3n) is 4.54. The second kappa shape index (κ2) is 8.00. The van der Waals surface area contributed by atoms with Gasteiger partial charge < -0.3 is 15.0 Å². The molecule has 1 fully saturated rings. The number of rotatable bonds is 5. The minimum absolute atomic E-state index is 0.226. The van der Waals surface area contributed by atoms with Crippen molar-refractivity contribution in [3.63, 3.8) is 0 Å². The van der Waals surface area contributed by atoms with Crippen molar-refractivity contribution in [2.45, 2.75) is 45.6 Å². The zero-order valence-electron chi connectivity index (χ0n) is 15.9. The summed E-state index contributed by atoms with van der Waals surface area (Å²) in [6, 6.07) is 0.331. The van der Waals surface area contributed by atoms with Gasteiger partial charge in [-0.05, 0) is 45.9 Å². The lowest BCUT2D eigenvalue weighted by atomic mass is 9.92. The Morgan fingerprint density at radius 3 is 2.67 bits per heavy atom. The van der Waals surface area contributed by atoms with Gasteiger partial charge in [0.05, 0.1) is 11.5 Å². The summed E-state index contributed by atoms with van der Waals surface area (Å²) in [4.78, 5) is 18.0. The highest BCUT2D eigenvalue weighted by Crippen LogP contribution is 2.36. The maximum absolute atomic E-state index is 14.1. The van der Waals surface area contributed by atoms with E-state index in [1.807, 2.05) is 4.90 Å². The van der Waals surface area contributed by atoms with Gasteiger partial charge in [-0.3, -0.25) is 4.79 Å². The number of amides is 1. The van der Waals surface area contributed by atoms with Gasteiger partial charge >= 0.3 is 6.18 Å². The van der Waals surface area contributed by atoms with Gasteiger partial charge in [0.25, 0.3) is 0 Å². The van der Waals surface area contributed by atoms with Crippen LogP contribution < -0.4 is 10.1 Å².